The molecule has 1 aromatic heterocycles. The molecule has 0 bridgehead atoms. The number of halogens is 1. The molecule has 0 aliphatic carbocycles. The Bertz CT molecular complexity index is 1040. The summed E-state index contributed by atoms with van der Waals surface area (Å²) in [6, 6.07) is 13.4. The van der Waals surface area contributed by atoms with Gasteiger partial charge in [0.05, 0.1) is 0 Å². The molecule has 0 atom stereocenters. The van der Waals surface area contributed by atoms with Crippen LogP contribution in [0, 0.1) is 18.2 Å². The van der Waals surface area contributed by atoms with Gasteiger partial charge in [-0.05, 0) is 103 Å². The third-order valence-corrected chi connectivity index (χ3v) is 5.58. The molecule has 2 aromatic carbocycles. The average molecular weight is 507 g/mol. The zero-order valence-corrected chi connectivity index (χ0v) is 23.4. The summed E-state index contributed by atoms with van der Waals surface area (Å²) in [5.74, 6) is -0.176. The Morgan fingerprint density at radius 1 is 1.06 bits per heavy atom. The summed E-state index contributed by atoms with van der Waals surface area (Å²) in [6.07, 6.45) is 11.2. The van der Waals surface area contributed by atoms with E-state index >= 15 is 0 Å². The molecule has 0 spiro atoms. The van der Waals surface area contributed by atoms with E-state index in [-0.39, 0.29) is 5.82 Å². The van der Waals surface area contributed by atoms with Crippen LogP contribution in [0.3, 0.4) is 0 Å². The number of allylic oxidation sites excluding steroid dienone is 4. The molecule has 0 radical (unpaired) electrons. The third-order valence-electron chi connectivity index (χ3n) is 4.89. The molecule has 4 heteroatoms. The minimum atomic E-state index is -0.176. The van der Waals surface area contributed by atoms with Crippen molar-refractivity contribution in [3.8, 4) is 11.1 Å². The van der Waals surface area contributed by atoms with Gasteiger partial charge in [0, 0.05) is 18.4 Å². The number of thiophene rings is 1. The lowest BCUT2D eigenvalue weighted by molar-refractivity contribution is 0.625. The van der Waals surface area contributed by atoms with Gasteiger partial charge in [0.2, 0.25) is 0 Å². The summed E-state index contributed by atoms with van der Waals surface area (Å²) < 4.78 is 13.4. The van der Waals surface area contributed by atoms with Crippen molar-refractivity contribution in [2.45, 2.75) is 53.9 Å². The highest BCUT2D eigenvalue weighted by molar-refractivity contribution is 7.08. The zero-order valence-electron chi connectivity index (χ0n) is 22.6. The maximum Gasteiger partial charge on any atom is 0.123 e. The molecule has 0 amide bonds. The monoisotopic (exact) mass is 506 g/mol. The van der Waals surface area contributed by atoms with Crippen LogP contribution in [0.1, 0.15) is 50.8 Å². The standard InChI is InChI=1S/C23H24FNS.C4H7N.C3H6.C2H6/c1-3-4-7-19-9-10-22(20-12-14-26-16-20)17(2)23(19)25-13-11-18-6-5-8-21(24)15-18;1-2-3-4-5;1-3-2;1-2/h3,5-6,8-10,12,14-16,25H,1,4,7,11,13H2,2H3;2-5H,1H3;3H,1H2,2H3;1-2H3/b;3-2-,5-4?;;. The third kappa shape index (κ3) is 12.5. The quantitative estimate of drug-likeness (QED) is 0.220. The lowest BCUT2D eigenvalue weighted by Crippen LogP contribution is -2.09. The number of aryl methyl sites for hydroxylation is 1. The maximum atomic E-state index is 13.4. The molecule has 1 heterocycles. The Balaban J connectivity index is 0.00000106. The fourth-order valence-electron chi connectivity index (χ4n) is 3.33. The fourth-order valence-corrected chi connectivity index (χ4v) is 3.99. The van der Waals surface area contributed by atoms with E-state index in [1.165, 1.54) is 40.2 Å². The van der Waals surface area contributed by atoms with Gasteiger partial charge >= 0.3 is 0 Å². The van der Waals surface area contributed by atoms with E-state index < -0.39 is 0 Å². The van der Waals surface area contributed by atoms with Crippen LogP contribution >= 0.6 is 11.3 Å². The molecule has 0 fully saturated rings. The van der Waals surface area contributed by atoms with Crippen molar-refractivity contribution in [1.82, 2.24) is 0 Å². The molecule has 194 valence electrons. The van der Waals surface area contributed by atoms with Crippen LogP contribution < -0.4 is 5.32 Å². The van der Waals surface area contributed by atoms with E-state index in [2.05, 4.69) is 54.4 Å². The molecule has 0 unspecified atom stereocenters. The zero-order chi connectivity index (χ0) is 27.2. The van der Waals surface area contributed by atoms with Gasteiger partial charge in [-0.3, -0.25) is 0 Å². The van der Waals surface area contributed by atoms with Crippen LogP contribution in [0.5, 0.6) is 0 Å². The Morgan fingerprint density at radius 2 is 1.78 bits per heavy atom. The van der Waals surface area contributed by atoms with Crippen molar-refractivity contribution in [2.24, 2.45) is 0 Å². The van der Waals surface area contributed by atoms with Crippen molar-refractivity contribution in [1.29, 1.82) is 5.41 Å². The minimum absolute atomic E-state index is 0.176. The van der Waals surface area contributed by atoms with Crippen LogP contribution in [0.4, 0.5) is 10.1 Å². The predicted molar refractivity (Wildman–Crippen MR) is 162 cm³/mol. The number of nitrogens with one attached hydrogen (secondary N) is 2. The summed E-state index contributed by atoms with van der Waals surface area (Å²) in [4.78, 5) is 0. The van der Waals surface area contributed by atoms with Gasteiger partial charge in [0.1, 0.15) is 5.82 Å². The van der Waals surface area contributed by atoms with Crippen molar-refractivity contribution >= 4 is 23.2 Å². The summed E-state index contributed by atoms with van der Waals surface area (Å²) in [5, 5.41) is 14.3. The highest BCUT2D eigenvalue weighted by Gasteiger charge is 2.11. The SMILES string of the molecule is C/C=C\C=N.C=CC.C=CCCc1ccc(-c2ccsc2)c(C)c1NCCc1cccc(F)c1.CC. The van der Waals surface area contributed by atoms with Crippen LogP contribution in [0.25, 0.3) is 11.1 Å². The van der Waals surface area contributed by atoms with Crippen molar-refractivity contribution in [2.75, 3.05) is 11.9 Å². The number of anilines is 1. The summed E-state index contributed by atoms with van der Waals surface area (Å²) in [5.41, 5.74) is 7.31. The largest absolute Gasteiger partial charge is 0.384 e. The first-order valence-electron chi connectivity index (χ1n) is 12.4. The maximum absolute atomic E-state index is 13.4. The molecular weight excluding hydrogens is 463 g/mol. The Hall–Kier alpha value is -3.24. The topological polar surface area (TPSA) is 35.9 Å². The molecule has 0 saturated heterocycles. The summed E-state index contributed by atoms with van der Waals surface area (Å²) in [7, 11) is 0. The molecule has 2 N–H and O–H groups in total. The van der Waals surface area contributed by atoms with Gasteiger partial charge in [0.15, 0.2) is 0 Å². The number of rotatable bonds is 9. The van der Waals surface area contributed by atoms with Gasteiger partial charge in [0.25, 0.3) is 0 Å². The smallest absolute Gasteiger partial charge is 0.123 e. The molecule has 3 aromatic rings. The molecule has 0 saturated carbocycles. The average Bonchev–Trinajstić information content (AvgIpc) is 3.41. The van der Waals surface area contributed by atoms with E-state index in [0.29, 0.717) is 0 Å². The lowest BCUT2D eigenvalue weighted by atomic mass is 9.95. The molecule has 36 heavy (non-hydrogen) atoms. The summed E-state index contributed by atoms with van der Waals surface area (Å²) in [6.45, 7) is 17.9. The van der Waals surface area contributed by atoms with Gasteiger partial charge < -0.3 is 10.7 Å². The molecule has 2 nitrogen and oxygen atoms in total. The molecule has 0 aliphatic rings. The first kappa shape index (κ1) is 32.8. The van der Waals surface area contributed by atoms with Gasteiger partial charge in [-0.2, -0.15) is 11.3 Å². The highest BCUT2D eigenvalue weighted by Crippen LogP contribution is 2.33. The Morgan fingerprint density at radius 3 is 2.31 bits per heavy atom. The first-order chi connectivity index (χ1) is 17.5. The van der Waals surface area contributed by atoms with Crippen molar-refractivity contribution in [3.63, 3.8) is 0 Å². The van der Waals surface area contributed by atoms with Crippen LogP contribution in [-0.4, -0.2) is 12.8 Å². The Kier molecular flexibility index (Phi) is 19.2. The first-order valence-corrected chi connectivity index (χ1v) is 13.4. The fraction of sp³-hybridized carbons (Fsp3) is 0.281. The predicted octanol–water partition coefficient (Wildman–Crippen LogP) is 10.1. The lowest BCUT2D eigenvalue weighted by Gasteiger charge is -2.18. The van der Waals surface area contributed by atoms with Gasteiger partial charge in [-0.15, -0.1) is 13.2 Å². The normalized spacial score (nSPS) is 9.50. The van der Waals surface area contributed by atoms with E-state index in [4.69, 9.17) is 5.41 Å². The second-order valence-electron chi connectivity index (χ2n) is 7.52. The molecule has 0 aliphatic heterocycles. The second kappa shape index (κ2) is 21.1. The van der Waals surface area contributed by atoms with Gasteiger partial charge in [-0.25, -0.2) is 4.39 Å². The van der Waals surface area contributed by atoms with E-state index in [1.54, 1.807) is 35.6 Å². The van der Waals surface area contributed by atoms with Crippen molar-refractivity contribution < 1.29 is 4.39 Å². The van der Waals surface area contributed by atoms with Crippen LogP contribution in [-0.2, 0) is 12.8 Å². The van der Waals surface area contributed by atoms with E-state index in [1.807, 2.05) is 45.9 Å². The van der Waals surface area contributed by atoms with E-state index in [9.17, 15) is 4.39 Å². The number of hydrogen-bond acceptors (Lipinski definition) is 3. The molecular formula is C32H43FN2S. The van der Waals surface area contributed by atoms with E-state index in [0.717, 1.165) is 31.4 Å². The van der Waals surface area contributed by atoms with Crippen molar-refractivity contribution in [3.05, 3.63) is 113 Å². The minimum Gasteiger partial charge on any atom is -0.384 e. The number of benzene rings is 2. The van der Waals surface area contributed by atoms with Gasteiger partial charge in [-0.1, -0.05) is 56.3 Å². The second-order valence-corrected chi connectivity index (χ2v) is 8.30. The van der Waals surface area contributed by atoms with Crippen LogP contribution in [0.2, 0.25) is 0 Å². The van der Waals surface area contributed by atoms with Crippen LogP contribution in [0.15, 0.2) is 90.7 Å². The summed E-state index contributed by atoms with van der Waals surface area (Å²) >= 11 is 1.71. The highest BCUT2D eigenvalue weighted by atomic mass is 32.1. The molecule has 3 rings (SSSR count). The number of hydrogen-bond donors (Lipinski definition) is 2. The Labute approximate surface area is 222 Å².